The normalized spacial score (nSPS) is 11.5. The van der Waals surface area contributed by atoms with Crippen molar-refractivity contribution in [2.75, 3.05) is 5.32 Å². The molecule has 3 rings (SSSR count). The Balaban J connectivity index is 1.86. The fraction of sp³-hybridized carbons (Fsp3) is 0.125. The molecule has 3 aromatic rings. The zero-order chi connectivity index (χ0) is 17.3. The number of nitrogens with zero attached hydrogens (tertiary/aromatic N) is 1. The third-order valence-corrected chi connectivity index (χ3v) is 3.38. The van der Waals surface area contributed by atoms with Gasteiger partial charge in [0.15, 0.2) is 0 Å². The molecule has 0 bridgehead atoms. The summed E-state index contributed by atoms with van der Waals surface area (Å²) in [6.45, 7) is 1.84. The van der Waals surface area contributed by atoms with E-state index in [-0.39, 0.29) is 5.56 Å². The molecule has 24 heavy (non-hydrogen) atoms. The molecule has 3 N–H and O–H groups in total. The van der Waals surface area contributed by atoms with E-state index in [2.05, 4.69) is 20.3 Å². The molecule has 0 saturated carbocycles. The average Bonchev–Trinajstić information content (AvgIpc) is 3.16. The highest BCUT2D eigenvalue weighted by Gasteiger charge is 2.33. The highest BCUT2D eigenvalue weighted by Crippen LogP contribution is 2.29. The monoisotopic (exact) mass is 334 g/mol. The summed E-state index contributed by atoms with van der Waals surface area (Å²) in [5, 5.41) is 2.61. The van der Waals surface area contributed by atoms with Gasteiger partial charge in [-0.05, 0) is 25.1 Å². The Kier molecular flexibility index (Phi) is 3.88. The highest BCUT2D eigenvalue weighted by atomic mass is 19.4. The number of carbonyl (C=O) groups is 1. The van der Waals surface area contributed by atoms with Gasteiger partial charge < -0.3 is 15.3 Å². The molecule has 8 heteroatoms. The second kappa shape index (κ2) is 5.88. The Morgan fingerprint density at radius 1 is 1.25 bits per heavy atom. The summed E-state index contributed by atoms with van der Waals surface area (Å²) >= 11 is 0. The molecule has 0 fully saturated rings. The van der Waals surface area contributed by atoms with E-state index < -0.39 is 17.8 Å². The SMILES string of the molecule is Cc1cnc(-c2ccccc2NC(=O)c2c[nH]c(C(F)(F)F)c2)[nH]1. The van der Waals surface area contributed by atoms with Gasteiger partial charge in [-0.25, -0.2) is 4.98 Å². The fourth-order valence-corrected chi connectivity index (χ4v) is 2.23. The summed E-state index contributed by atoms with van der Waals surface area (Å²) in [5.41, 5.74) is 0.874. The lowest BCUT2D eigenvalue weighted by atomic mass is 10.1. The number of hydrogen-bond acceptors (Lipinski definition) is 2. The molecule has 0 spiro atoms. The van der Waals surface area contributed by atoms with Crippen molar-refractivity contribution in [3.63, 3.8) is 0 Å². The number of carbonyl (C=O) groups excluding carboxylic acids is 1. The molecular formula is C16H13F3N4O. The number of aryl methyl sites for hydroxylation is 1. The van der Waals surface area contributed by atoms with Crippen molar-refractivity contribution in [1.29, 1.82) is 0 Å². The third-order valence-electron chi connectivity index (χ3n) is 3.38. The number of hydrogen-bond donors (Lipinski definition) is 3. The number of alkyl halides is 3. The maximum atomic E-state index is 12.6. The van der Waals surface area contributed by atoms with E-state index in [1.807, 2.05) is 6.92 Å². The van der Waals surface area contributed by atoms with Crippen LogP contribution in [0.3, 0.4) is 0 Å². The number of H-pyrrole nitrogens is 2. The van der Waals surface area contributed by atoms with Crippen LogP contribution in [-0.4, -0.2) is 20.9 Å². The molecule has 0 aliphatic heterocycles. The molecule has 2 heterocycles. The van der Waals surface area contributed by atoms with Crippen molar-refractivity contribution in [1.82, 2.24) is 15.0 Å². The molecule has 2 aromatic heterocycles. The van der Waals surface area contributed by atoms with Gasteiger partial charge in [0.1, 0.15) is 11.5 Å². The first kappa shape index (κ1) is 15.9. The van der Waals surface area contributed by atoms with Crippen LogP contribution in [0.15, 0.2) is 42.7 Å². The van der Waals surface area contributed by atoms with Crippen molar-refractivity contribution in [2.45, 2.75) is 13.1 Å². The molecule has 1 aromatic carbocycles. The summed E-state index contributed by atoms with van der Waals surface area (Å²) < 4.78 is 37.8. The molecular weight excluding hydrogens is 321 g/mol. The third kappa shape index (κ3) is 3.17. The number of halogens is 3. The minimum atomic E-state index is -4.53. The number of aromatic amines is 2. The Morgan fingerprint density at radius 3 is 2.62 bits per heavy atom. The van der Waals surface area contributed by atoms with E-state index in [4.69, 9.17) is 0 Å². The zero-order valence-electron chi connectivity index (χ0n) is 12.5. The minimum absolute atomic E-state index is 0.104. The molecule has 0 atom stereocenters. The van der Waals surface area contributed by atoms with E-state index in [9.17, 15) is 18.0 Å². The van der Waals surface area contributed by atoms with Crippen LogP contribution in [0.4, 0.5) is 18.9 Å². The predicted molar refractivity (Wildman–Crippen MR) is 82.5 cm³/mol. The van der Waals surface area contributed by atoms with Crippen molar-refractivity contribution < 1.29 is 18.0 Å². The van der Waals surface area contributed by atoms with Crippen molar-refractivity contribution >= 4 is 11.6 Å². The maximum Gasteiger partial charge on any atom is 0.431 e. The van der Waals surface area contributed by atoms with Gasteiger partial charge >= 0.3 is 6.18 Å². The average molecular weight is 334 g/mol. The predicted octanol–water partition coefficient (Wildman–Crippen LogP) is 3.98. The lowest BCUT2D eigenvalue weighted by Crippen LogP contribution is -2.12. The van der Waals surface area contributed by atoms with Crippen LogP contribution in [0.25, 0.3) is 11.4 Å². The van der Waals surface area contributed by atoms with Crippen molar-refractivity contribution in [2.24, 2.45) is 0 Å². The number of imidazole rings is 1. The molecule has 0 saturated heterocycles. The van der Waals surface area contributed by atoms with Crippen LogP contribution in [-0.2, 0) is 6.18 Å². The number of aromatic nitrogens is 3. The number of nitrogens with one attached hydrogen (secondary N) is 3. The lowest BCUT2D eigenvalue weighted by molar-refractivity contribution is -0.140. The summed E-state index contributed by atoms with van der Waals surface area (Å²) in [4.78, 5) is 21.5. The minimum Gasteiger partial charge on any atom is -0.357 e. The highest BCUT2D eigenvalue weighted by molar-refractivity contribution is 6.06. The van der Waals surface area contributed by atoms with Crippen molar-refractivity contribution in [3.05, 3.63) is 59.7 Å². The Morgan fingerprint density at radius 2 is 2.00 bits per heavy atom. The van der Waals surface area contributed by atoms with Crippen LogP contribution >= 0.6 is 0 Å². The molecule has 0 aliphatic rings. The number of benzene rings is 1. The first-order chi connectivity index (χ1) is 11.3. The number of amides is 1. The van der Waals surface area contributed by atoms with Gasteiger partial charge in [0.2, 0.25) is 0 Å². The Hall–Kier alpha value is -3.03. The van der Waals surface area contributed by atoms with E-state index in [1.54, 1.807) is 30.5 Å². The van der Waals surface area contributed by atoms with Gasteiger partial charge in [-0.3, -0.25) is 4.79 Å². The second-order valence-corrected chi connectivity index (χ2v) is 5.21. The van der Waals surface area contributed by atoms with E-state index >= 15 is 0 Å². The Bertz CT molecular complexity index is 879. The van der Waals surface area contributed by atoms with Crippen LogP contribution < -0.4 is 5.32 Å². The van der Waals surface area contributed by atoms with Gasteiger partial charge in [0.05, 0.1) is 11.3 Å². The summed E-state index contributed by atoms with van der Waals surface area (Å²) in [7, 11) is 0. The molecule has 124 valence electrons. The van der Waals surface area contributed by atoms with Crippen LogP contribution in [0, 0.1) is 6.92 Å². The van der Waals surface area contributed by atoms with Gasteiger partial charge in [-0.15, -0.1) is 0 Å². The first-order valence-electron chi connectivity index (χ1n) is 7.02. The van der Waals surface area contributed by atoms with Gasteiger partial charge in [-0.1, -0.05) is 12.1 Å². The van der Waals surface area contributed by atoms with Crippen molar-refractivity contribution in [3.8, 4) is 11.4 Å². The van der Waals surface area contributed by atoms with E-state index in [0.29, 0.717) is 17.1 Å². The van der Waals surface area contributed by atoms with E-state index in [1.165, 1.54) is 0 Å². The number of anilines is 1. The smallest absolute Gasteiger partial charge is 0.357 e. The van der Waals surface area contributed by atoms with Crippen LogP contribution in [0.1, 0.15) is 21.7 Å². The summed E-state index contributed by atoms with van der Waals surface area (Å²) in [6.07, 6.45) is -1.85. The topological polar surface area (TPSA) is 73.6 Å². The van der Waals surface area contributed by atoms with Gasteiger partial charge in [0, 0.05) is 23.7 Å². The summed E-state index contributed by atoms with van der Waals surface area (Å²) in [6, 6.07) is 7.68. The van der Waals surface area contributed by atoms with Gasteiger partial charge in [0.25, 0.3) is 5.91 Å². The summed E-state index contributed by atoms with van der Waals surface area (Å²) in [5.74, 6) is -0.0778. The van der Waals surface area contributed by atoms with E-state index in [0.717, 1.165) is 18.0 Å². The zero-order valence-corrected chi connectivity index (χ0v) is 12.5. The largest absolute Gasteiger partial charge is 0.431 e. The second-order valence-electron chi connectivity index (χ2n) is 5.21. The molecule has 0 radical (unpaired) electrons. The van der Waals surface area contributed by atoms with Crippen LogP contribution in [0.5, 0.6) is 0 Å². The number of para-hydroxylation sites is 1. The lowest BCUT2D eigenvalue weighted by Gasteiger charge is -2.08. The standard InChI is InChI=1S/C16H13F3N4O/c1-9-7-21-14(22-9)11-4-2-3-5-12(11)23-15(24)10-6-13(20-8-10)16(17,18)19/h2-8,20H,1H3,(H,21,22)(H,23,24). The number of rotatable bonds is 3. The molecule has 5 nitrogen and oxygen atoms in total. The molecule has 0 unspecified atom stereocenters. The maximum absolute atomic E-state index is 12.6. The Labute approximate surface area is 134 Å². The van der Waals surface area contributed by atoms with Gasteiger partial charge in [-0.2, -0.15) is 13.2 Å². The quantitative estimate of drug-likeness (QED) is 0.678. The molecule has 1 amide bonds. The van der Waals surface area contributed by atoms with Crippen LogP contribution in [0.2, 0.25) is 0 Å². The molecule has 0 aliphatic carbocycles. The first-order valence-corrected chi connectivity index (χ1v) is 7.02. The fourth-order valence-electron chi connectivity index (χ4n) is 2.23.